The molecule has 4 nitrogen and oxygen atoms in total. The third-order valence-electron chi connectivity index (χ3n) is 4.25. The van der Waals surface area contributed by atoms with Crippen molar-refractivity contribution in [3.63, 3.8) is 0 Å². The molecule has 0 bridgehead atoms. The van der Waals surface area contributed by atoms with Crippen molar-refractivity contribution in [3.8, 4) is 11.8 Å². The Morgan fingerprint density at radius 3 is 2.46 bits per heavy atom. The van der Waals surface area contributed by atoms with Gasteiger partial charge in [0.15, 0.2) is 6.10 Å². The summed E-state index contributed by atoms with van der Waals surface area (Å²) in [6, 6.07) is 23.2. The van der Waals surface area contributed by atoms with Crippen molar-refractivity contribution in [3.05, 3.63) is 77.9 Å². The van der Waals surface area contributed by atoms with Gasteiger partial charge in [0.25, 0.3) is 5.91 Å². The number of hydrogen-bond acceptors (Lipinski definition) is 3. The van der Waals surface area contributed by atoms with E-state index in [2.05, 4.69) is 30.3 Å². The molecule has 0 radical (unpaired) electrons. The van der Waals surface area contributed by atoms with E-state index in [-0.39, 0.29) is 5.91 Å². The van der Waals surface area contributed by atoms with Gasteiger partial charge in [-0.25, -0.2) is 0 Å². The molecule has 0 fully saturated rings. The van der Waals surface area contributed by atoms with E-state index in [0.717, 1.165) is 10.9 Å². The molecule has 1 unspecified atom stereocenters. The summed E-state index contributed by atoms with van der Waals surface area (Å²) in [5.74, 6) is 0.478. The van der Waals surface area contributed by atoms with E-state index in [0.29, 0.717) is 17.9 Å². The number of nitrogens with zero attached hydrogens (tertiary/aromatic N) is 2. The standard InChI is InChI=1S/C22H20N2O2/c1-16(26-21-11-8-17(14-23)9-12-21)22(25)24(2)15-18-7-10-19-5-3-4-6-20(19)13-18/h3-13,16H,15H2,1-2H3. The van der Waals surface area contributed by atoms with Crippen LogP contribution in [-0.4, -0.2) is 24.0 Å². The highest BCUT2D eigenvalue weighted by molar-refractivity contribution is 5.83. The van der Waals surface area contributed by atoms with Crippen LogP contribution in [0.25, 0.3) is 10.8 Å². The first kappa shape index (κ1) is 17.5. The topological polar surface area (TPSA) is 53.3 Å². The Morgan fingerprint density at radius 1 is 1.08 bits per heavy atom. The second-order valence-corrected chi connectivity index (χ2v) is 6.27. The van der Waals surface area contributed by atoms with Gasteiger partial charge < -0.3 is 9.64 Å². The molecular formula is C22H20N2O2. The first-order valence-electron chi connectivity index (χ1n) is 8.46. The van der Waals surface area contributed by atoms with Gasteiger partial charge in [-0.1, -0.05) is 36.4 Å². The molecule has 0 aromatic heterocycles. The fourth-order valence-corrected chi connectivity index (χ4v) is 2.86. The average Bonchev–Trinajstić information content (AvgIpc) is 2.67. The summed E-state index contributed by atoms with van der Waals surface area (Å²) in [7, 11) is 1.77. The first-order chi connectivity index (χ1) is 12.6. The van der Waals surface area contributed by atoms with E-state index in [1.54, 1.807) is 43.1 Å². The number of hydrogen-bond donors (Lipinski definition) is 0. The molecule has 26 heavy (non-hydrogen) atoms. The van der Waals surface area contributed by atoms with E-state index < -0.39 is 6.10 Å². The normalized spacial score (nSPS) is 11.6. The fourth-order valence-electron chi connectivity index (χ4n) is 2.86. The van der Waals surface area contributed by atoms with Crippen LogP contribution < -0.4 is 4.74 Å². The van der Waals surface area contributed by atoms with Crippen LogP contribution in [0.1, 0.15) is 18.1 Å². The van der Waals surface area contributed by atoms with Crippen LogP contribution >= 0.6 is 0 Å². The van der Waals surface area contributed by atoms with Crippen LogP contribution in [0.3, 0.4) is 0 Å². The lowest BCUT2D eigenvalue weighted by Crippen LogP contribution is -2.37. The number of carbonyl (C=O) groups is 1. The second-order valence-electron chi connectivity index (χ2n) is 6.27. The number of likely N-dealkylation sites (N-methyl/N-ethyl adjacent to an activating group) is 1. The van der Waals surface area contributed by atoms with Crippen LogP contribution in [0.4, 0.5) is 0 Å². The lowest BCUT2D eigenvalue weighted by Gasteiger charge is -2.22. The summed E-state index contributed by atoms with van der Waals surface area (Å²) in [5.41, 5.74) is 1.63. The zero-order valence-electron chi connectivity index (χ0n) is 14.8. The van der Waals surface area contributed by atoms with Crippen LogP contribution in [0, 0.1) is 11.3 Å². The summed E-state index contributed by atoms with van der Waals surface area (Å²) in [6.07, 6.45) is -0.603. The molecular weight excluding hydrogens is 324 g/mol. The van der Waals surface area contributed by atoms with Crippen LogP contribution in [0.15, 0.2) is 66.7 Å². The van der Waals surface area contributed by atoms with Crippen molar-refractivity contribution in [2.75, 3.05) is 7.05 Å². The quantitative estimate of drug-likeness (QED) is 0.699. The fraction of sp³-hybridized carbons (Fsp3) is 0.182. The van der Waals surface area contributed by atoms with Crippen molar-refractivity contribution in [1.29, 1.82) is 5.26 Å². The highest BCUT2D eigenvalue weighted by atomic mass is 16.5. The number of benzene rings is 3. The van der Waals surface area contributed by atoms with Crippen molar-refractivity contribution in [1.82, 2.24) is 4.90 Å². The van der Waals surface area contributed by atoms with Gasteiger partial charge in [-0.3, -0.25) is 4.79 Å². The molecule has 4 heteroatoms. The maximum Gasteiger partial charge on any atom is 0.263 e. The Morgan fingerprint density at radius 2 is 1.77 bits per heavy atom. The molecule has 0 aliphatic heterocycles. The molecule has 0 saturated heterocycles. The summed E-state index contributed by atoms with van der Waals surface area (Å²) in [5, 5.41) is 11.2. The minimum atomic E-state index is -0.603. The number of ether oxygens (including phenoxy) is 1. The number of carbonyl (C=O) groups excluding carboxylic acids is 1. The molecule has 0 saturated carbocycles. The van der Waals surface area contributed by atoms with E-state index in [9.17, 15) is 4.79 Å². The minimum absolute atomic E-state index is 0.0949. The van der Waals surface area contributed by atoms with E-state index in [1.165, 1.54) is 5.39 Å². The van der Waals surface area contributed by atoms with E-state index in [1.807, 2.05) is 18.2 Å². The molecule has 3 rings (SSSR count). The highest BCUT2D eigenvalue weighted by Gasteiger charge is 2.19. The summed E-state index contributed by atoms with van der Waals surface area (Å²) < 4.78 is 5.70. The molecule has 0 aliphatic rings. The van der Waals surface area contributed by atoms with Gasteiger partial charge in [-0.2, -0.15) is 5.26 Å². The summed E-state index contributed by atoms with van der Waals surface area (Å²) in [6.45, 7) is 2.25. The zero-order chi connectivity index (χ0) is 18.5. The van der Waals surface area contributed by atoms with Crippen molar-refractivity contribution in [2.24, 2.45) is 0 Å². The largest absolute Gasteiger partial charge is 0.481 e. The molecule has 0 N–H and O–H groups in total. The lowest BCUT2D eigenvalue weighted by atomic mass is 10.1. The maximum atomic E-state index is 12.6. The first-order valence-corrected chi connectivity index (χ1v) is 8.46. The molecule has 1 amide bonds. The Labute approximate surface area is 153 Å². The van der Waals surface area contributed by atoms with Crippen LogP contribution in [0.5, 0.6) is 5.75 Å². The van der Waals surface area contributed by atoms with Gasteiger partial charge in [0, 0.05) is 13.6 Å². The predicted octanol–water partition coefficient (Wildman–Crippen LogP) is 4.14. The van der Waals surface area contributed by atoms with Crippen molar-refractivity contribution in [2.45, 2.75) is 19.6 Å². The van der Waals surface area contributed by atoms with Crippen molar-refractivity contribution < 1.29 is 9.53 Å². The third-order valence-corrected chi connectivity index (χ3v) is 4.25. The molecule has 0 aliphatic carbocycles. The SMILES string of the molecule is CC(Oc1ccc(C#N)cc1)C(=O)N(C)Cc1ccc2ccccc2c1. The maximum absolute atomic E-state index is 12.6. The Kier molecular flexibility index (Phi) is 5.19. The molecule has 130 valence electrons. The van der Waals surface area contributed by atoms with Gasteiger partial charge in [0.2, 0.25) is 0 Å². The lowest BCUT2D eigenvalue weighted by molar-refractivity contribution is -0.137. The molecule has 0 heterocycles. The molecule has 3 aromatic rings. The van der Waals surface area contributed by atoms with E-state index in [4.69, 9.17) is 10.00 Å². The Hall–Kier alpha value is -3.32. The number of fused-ring (bicyclic) bond motifs is 1. The zero-order valence-corrected chi connectivity index (χ0v) is 14.8. The number of nitriles is 1. The van der Waals surface area contributed by atoms with Crippen LogP contribution in [0.2, 0.25) is 0 Å². The van der Waals surface area contributed by atoms with Gasteiger partial charge in [0.05, 0.1) is 11.6 Å². The minimum Gasteiger partial charge on any atom is -0.481 e. The Bertz CT molecular complexity index is 958. The average molecular weight is 344 g/mol. The highest BCUT2D eigenvalue weighted by Crippen LogP contribution is 2.18. The van der Waals surface area contributed by atoms with Gasteiger partial charge >= 0.3 is 0 Å². The van der Waals surface area contributed by atoms with Crippen LogP contribution in [-0.2, 0) is 11.3 Å². The summed E-state index contributed by atoms with van der Waals surface area (Å²) >= 11 is 0. The number of rotatable bonds is 5. The predicted molar refractivity (Wildman–Crippen MR) is 102 cm³/mol. The van der Waals surface area contributed by atoms with Gasteiger partial charge in [-0.05, 0) is 53.6 Å². The molecule has 1 atom stereocenters. The van der Waals surface area contributed by atoms with Gasteiger partial charge in [0.1, 0.15) is 5.75 Å². The van der Waals surface area contributed by atoms with Crippen molar-refractivity contribution >= 4 is 16.7 Å². The monoisotopic (exact) mass is 344 g/mol. The second kappa shape index (κ2) is 7.71. The molecule has 3 aromatic carbocycles. The third kappa shape index (κ3) is 4.01. The number of amides is 1. The Balaban J connectivity index is 1.64. The van der Waals surface area contributed by atoms with E-state index >= 15 is 0 Å². The van der Waals surface area contributed by atoms with Gasteiger partial charge in [-0.15, -0.1) is 0 Å². The summed E-state index contributed by atoms with van der Waals surface area (Å²) in [4.78, 5) is 14.3. The molecule has 0 spiro atoms. The smallest absolute Gasteiger partial charge is 0.263 e.